The summed E-state index contributed by atoms with van der Waals surface area (Å²) in [6.45, 7) is 2.09. The van der Waals surface area contributed by atoms with Crippen LogP contribution in [0.5, 0.6) is 0 Å². The molecule has 3 N–H and O–H groups in total. The zero-order valence-electron chi connectivity index (χ0n) is 15.3. The topological polar surface area (TPSA) is 77.8 Å². The second kappa shape index (κ2) is 7.78. The van der Waals surface area contributed by atoms with Crippen molar-refractivity contribution in [3.63, 3.8) is 0 Å². The highest BCUT2D eigenvalue weighted by molar-refractivity contribution is 5.96. The second-order valence-corrected chi connectivity index (χ2v) is 8.33. The number of fused-ring (bicyclic) bond motifs is 1. The molecule has 6 atom stereocenters. The Kier molecular flexibility index (Phi) is 5.88. The first kappa shape index (κ1) is 18.9. The molecule has 3 rings (SSSR count). The lowest BCUT2D eigenvalue weighted by molar-refractivity contribution is -0.199. The van der Waals surface area contributed by atoms with Crippen LogP contribution in [0.25, 0.3) is 0 Å². The Morgan fingerprint density at radius 2 is 1.96 bits per heavy atom. The summed E-state index contributed by atoms with van der Waals surface area (Å²) < 4.78 is 0. The van der Waals surface area contributed by atoms with Crippen LogP contribution in [0.15, 0.2) is 0 Å². The van der Waals surface area contributed by atoms with Crippen LogP contribution < -0.4 is 0 Å². The normalized spacial score (nSPS) is 39.8. The van der Waals surface area contributed by atoms with E-state index >= 15 is 0 Å². The maximum atomic E-state index is 12.4. The minimum absolute atomic E-state index is 0.0579. The van der Waals surface area contributed by atoms with Crippen molar-refractivity contribution in [2.45, 2.75) is 88.9 Å². The standard InChI is InChI=1S/C21H32O4/c1-2-3-9-16-19-15(18(23)12-13-21(19,25)20(16)24)10-11-17(22)14-7-5-4-6-8-14/h14-19,22-23,25H,2-9,12-13H2,1H3/t15-,16?,17+,18+,19-,21+/m0/s1. The highest BCUT2D eigenvalue weighted by Gasteiger charge is 2.65. The van der Waals surface area contributed by atoms with E-state index in [-0.39, 0.29) is 23.5 Å². The quantitative estimate of drug-likeness (QED) is 0.682. The zero-order chi connectivity index (χ0) is 18.0. The average Bonchev–Trinajstić information content (AvgIpc) is 2.64. The molecule has 25 heavy (non-hydrogen) atoms. The van der Waals surface area contributed by atoms with Crippen molar-refractivity contribution in [1.82, 2.24) is 0 Å². The molecule has 0 aromatic carbocycles. The smallest absolute Gasteiger partial charge is 0.168 e. The van der Waals surface area contributed by atoms with Gasteiger partial charge in [-0.1, -0.05) is 50.9 Å². The van der Waals surface area contributed by atoms with E-state index in [2.05, 4.69) is 18.8 Å². The molecule has 0 aliphatic heterocycles. The number of hydrogen-bond acceptors (Lipinski definition) is 4. The van der Waals surface area contributed by atoms with Gasteiger partial charge in [-0.05, 0) is 38.0 Å². The van der Waals surface area contributed by atoms with Gasteiger partial charge in [-0.3, -0.25) is 4.79 Å². The Balaban J connectivity index is 1.74. The number of ketones is 1. The number of carbonyl (C=O) groups is 1. The number of Topliss-reactive ketones (excluding diaryl/α,β-unsaturated/α-hetero) is 1. The second-order valence-electron chi connectivity index (χ2n) is 8.33. The minimum Gasteiger partial charge on any atom is -0.392 e. The lowest BCUT2D eigenvalue weighted by Gasteiger charge is -2.56. The molecule has 0 saturated heterocycles. The van der Waals surface area contributed by atoms with Gasteiger partial charge in [0.1, 0.15) is 11.7 Å². The molecular formula is C21H32O4. The number of unbranched alkanes of at least 4 members (excludes halogenated alkanes) is 1. The Bertz CT molecular complexity index is 542. The van der Waals surface area contributed by atoms with Crippen molar-refractivity contribution >= 4 is 5.78 Å². The molecule has 4 heteroatoms. The van der Waals surface area contributed by atoms with Crippen molar-refractivity contribution in [1.29, 1.82) is 0 Å². The fourth-order valence-corrected chi connectivity index (χ4v) is 5.18. The molecule has 140 valence electrons. The van der Waals surface area contributed by atoms with Crippen LogP contribution in [-0.4, -0.2) is 38.9 Å². The van der Waals surface area contributed by atoms with Gasteiger partial charge >= 0.3 is 0 Å². The van der Waals surface area contributed by atoms with E-state index < -0.39 is 23.7 Å². The molecule has 3 fully saturated rings. The molecule has 0 amide bonds. The molecule has 4 nitrogen and oxygen atoms in total. The number of aliphatic hydroxyl groups is 3. The largest absolute Gasteiger partial charge is 0.392 e. The maximum absolute atomic E-state index is 12.4. The van der Waals surface area contributed by atoms with E-state index in [1.807, 2.05) is 0 Å². The number of aliphatic hydroxyl groups excluding tert-OH is 2. The van der Waals surface area contributed by atoms with Gasteiger partial charge in [-0.2, -0.15) is 0 Å². The lowest BCUT2D eigenvalue weighted by atomic mass is 9.49. The summed E-state index contributed by atoms with van der Waals surface area (Å²) in [5.74, 6) is 5.35. The van der Waals surface area contributed by atoms with Crippen molar-refractivity contribution in [2.75, 3.05) is 0 Å². The monoisotopic (exact) mass is 348 g/mol. The van der Waals surface area contributed by atoms with Gasteiger partial charge in [0.2, 0.25) is 0 Å². The van der Waals surface area contributed by atoms with Crippen LogP contribution in [0.3, 0.4) is 0 Å². The van der Waals surface area contributed by atoms with Crippen molar-refractivity contribution in [2.24, 2.45) is 23.7 Å². The predicted octanol–water partition coefficient (Wildman–Crippen LogP) is 2.44. The van der Waals surface area contributed by atoms with Gasteiger partial charge in [0, 0.05) is 11.8 Å². The SMILES string of the molecule is CCCCC1C(=O)[C@@]2(O)CC[C@@H](O)[C@H](C#C[C@@H](O)C3CCCCC3)[C@@H]12. The van der Waals surface area contributed by atoms with Crippen molar-refractivity contribution in [3.8, 4) is 11.8 Å². The van der Waals surface area contributed by atoms with Crippen LogP contribution in [0, 0.1) is 35.5 Å². The van der Waals surface area contributed by atoms with Gasteiger partial charge in [0.15, 0.2) is 5.78 Å². The molecule has 0 heterocycles. The summed E-state index contributed by atoms with van der Waals surface area (Å²) in [5.41, 5.74) is -1.30. The lowest BCUT2D eigenvalue weighted by Crippen LogP contribution is -2.69. The summed E-state index contributed by atoms with van der Waals surface area (Å²) in [6, 6.07) is 0. The summed E-state index contributed by atoms with van der Waals surface area (Å²) in [6.07, 6.45) is 7.71. The van der Waals surface area contributed by atoms with Gasteiger partial charge in [-0.15, -0.1) is 0 Å². The zero-order valence-corrected chi connectivity index (χ0v) is 15.3. The van der Waals surface area contributed by atoms with Gasteiger partial charge in [0.25, 0.3) is 0 Å². The summed E-state index contributed by atoms with van der Waals surface area (Å²) in [7, 11) is 0. The van der Waals surface area contributed by atoms with Crippen LogP contribution in [0.1, 0.15) is 71.1 Å². The van der Waals surface area contributed by atoms with E-state index in [9.17, 15) is 20.1 Å². The summed E-state index contributed by atoms with van der Waals surface area (Å²) in [5, 5.41) is 31.6. The molecule has 0 aromatic rings. The van der Waals surface area contributed by atoms with Crippen LogP contribution in [-0.2, 0) is 4.79 Å². The Hall–Kier alpha value is -0.890. The first-order valence-corrected chi connectivity index (χ1v) is 10.1. The van der Waals surface area contributed by atoms with E-state index in [4.69, 9.17) is 0 Å². The third kappa shape index (κ3) is 3.52. The van der Waals surface area contributed by atoms with Gasteiger partial charge < -0.3 is 15.3 Å². The predicted molar refractivity (Wildman–Crippen MR) is 95.6 cm³/mol. The highest BCUT2D eigenvalue weighted by Crippen LogP contribution is 2.54. The minimum atomic E-state index is -1.30. The number of hydrogen-bond donors (Lipinski definition) is 3. The summed E-state index contributed by atoms with van der Waals surface area (Å²) in [4.78, 5) is 12.4. The van der Waals surface area contributed by atoms with Gasteiger partial charge in [-0.25, -0.2) is 0 Å². The van der Waals surface area contributed by atoms with E-state index in [0.29, 0.717) is 12.8 Å². The van der Waals surface area contributed by atoms with E-state index in [1.165, 1.54) is 6.42 Å². The third-order valence-corrected chi connectivity index (χ3v) is 6.73. The van der Waals surface area contributed by atoms with Crippen LogP contribution >= 0.6 is 0 Å². The third-order valence-electron chi connectivity index (χ3n) is 6.73. The van der Waals surface area contributed by atoms with Crippen LogP contribution in [0.2, 0.25) is 0 Å². The number of rotatable bonds is 4. The molecule has 0 spiro atoms. The van der Waals surface area contributed by atoms with Crippen molar-refractivity contribution in [3.05, 3.63) is 0 Å². The first-order valence-electron chi connectivity index (χ1n) is 10.1. The fraction of sp³-hybridized carbons (Fsp3) is 0.857. The fourth-order valence-electron chi connectivity index (χ4n) is 5.18. The number of carbonyl (C=O) groups excluding carboxylic acids is 1. The molecular weight excluding hydrogens is 316 g/mol. The highest BCUT2D eigenvalue weighted by atomic mass is 16.3. The molecule has 3 saturated carbocycles. The first-order chi connectivity index (χ1) is 12.0. The molecule has 0 bridgehead atoms. The van der Waals surface area contributed by atoms with Crippen LogP contribution in [0.4, 0.5) is 0 Å². The van der Waals surface area contributed by atoms with E-state index in [1.54, 1.807) is 0 Å². The Labute approximate surface area is 151 Å². The summed E-state index contributed by atoms with van der Waals surface area (Å²) >= 11 is 0. The maximum Gasteiger partial charge on any atom is 0.168 e. The Morgan fingerprint density at radius 1 is 1.24 bits per heavy atom. The van der Waals surface area contributed by atoms with Gasteiger partial charge in [0.05, 0.1) is 12.0 Å². The molecule has 0 aromatic heterocycles. The molecule has 1 unspecified atom stereocenters. The van der Waals surface area contributed by atoms with Crippen molar-refractivity contribution < 1.29 is 20.1 Å². The molecule has 3 aliphatic rings. The molecule has 3 aliphatic carbocycles. The Morgan fingerprint density at radius 3 is 2.64 bits per heavy atom. The van der Waals surface area contributed by atoms with E-state index in [0.717, 1.165) is 44.9 Å². The average molecular weight is 348 g/mol. The molecule has 0 radical (unpaired) electrons.